The van der Waals surface area contributed by atoms with Crippen molar-refractivity contribution in [3.8, 4) is 5.75 Å². The Balaban J connectivity index is 2.02. The van der Waals surface area contributed by atoms with Gasteiger partial charge in [0.1, 0.15) is 5.75 Å². The minimum atomic E-state index is 0.304. The molecule has 2 rings (SSSR count). The van der Waals surface area contributed by atoms with Gasteiger partial charge in [-0.2, -0.15) is 0 Å². The van der Waals surface area contributed by atoms with Gasteiger partial charge in [-0.15, -0.1) is 0 Å². The molecule has 1 aliphatic heterocycles. The van der Waals surface area contributed by atoms with Gasteiger partial charge in [-0.3, -0.25) is 5.41 Å². The van der Waals surface area contributed by atoms with Gasteiger partial charge in [-0.25, -0.2) is 0 Å². The van der Waals surface area contributed by atoms with Crippen LogP contribution < -0.4 is 9.64 Å². The largest absolute Gasteiger partial charge is 0.495 e. The van der Waals surface area contributed by atoms with Crippen LogP contribution in [0.1, 0.15) is 13.8 Å². The van der Waals surface area contributed by atoms with E-state index in [4.69, 9.17) is 10.1 Å². The fourth-order valence-corrected chi connectivity index (χ4v) is 2.44. The zero-order valence-electron chi connectivity index (χ0n) is 12.0. The number of ether oxygens (including phenoxy) is 1. The van der Waals surface area contributed by atoms with Gasteiger partial charge in [0.05, 0.1) is 18.6 Å². The third kappa shape index (κ3) is 3.00. The van der Waals surface area contributed by atoms with Crippen molar-refractivity contribution in [1.29, 1.82) is 5.41 Å². The Kier molecular flexibility index (Phi) is 4.30. The number of para-hydroxylation sites is 2. The van der Waals surface area contributed by atoms with Crippen molar-refractivity contribution in [2.45, 2.75) is 13.8 Å². The van der Waals surface area contributed by atoms with Gasteiger partial charge >= 0.3 is 0 Å². The van der Waals surface area contributed by atoms with Gasteiger partial charge in [0.25, 0.3) is 0 Å². The number of hydrogen-bond donors (Lipinski definition) is 1. The molecule has 1 saturated heterocycles. The van der Waals surface area contributed by atoms with Crippen LogP contribution in [-0.2, 0) is 0 Å². The van der Waals surface area contributed by atoms with Crippen molar-refractivity contribution in [3.63, 3.8) is 0 Å². The summed E-state index contributed by atoms with van der Waals surface area (Å²) in [5, 5.41) is 8.07. The molecule has 19 heavy (non-hydrogen) atoms. The molecule has 1 aliphatic rings. The summed E-state index contributed by atoms with van der Waals surface area (Å²) in [6.07, 6.45) is 0. The second kappa shape index (κ2) is 5.95. The maximum absolute atomic E-state index is 8.07. The van der Waals surface area contributed by atoms with Crippen LogP contribution in [0.2, 0.25) is 0 Å². The third-order valence-electron chi connectivity index (χ3n) is 3.59. The van der Waals surface area contributed by atoms with E-state index in [2.05, 4.69) is 29.7 Å². The highest BCUT2D eigenvalue weighted by atomic mass is 16.5. The van der Waals surface area contributed by atoms with Crippen LogP contribution in [0.5, 0.6) is 5.75 Å². The maximum atomic E-state index is 8.07. The van der Waals surface area contributed by atoms with Crippen LogP contribution in [0.15, 0.2) is 24.3 Å². The molecule has 0 aromatic heterocycles. The van der Waals surface area contributed by atoms with E-state index in [1.165, 1.54) is 0 Å². The molecule has 0 atom stereocenters. The van der Waals surface area contributed by atoms with Crippen molar-refractivity contribution in [2.75, 3.05) is 38.2 Å². The minimum Gasteiger partial charge on any atom is -0.495 e. The highest BCUT2D eigenvalue weighted by Crippen LogP contribution is 2.28. The molecule has 0 radical (unpaired) electrons. The fourth-order valence-electron chi connectivity index (χ4n) is 2.44. The first kappa shape index (κ1) is 13.7. The summed E-state index contributed by atoms with van der Waals surface area (Å²) in [5.74, 6) is 1.98. The van der Waals surface area contributed by atoms with E-state index in [9.17, 15) is 0 Å². The first-order valence-electron chi connectivity index (χ1n) is 6.85. The number of hydrogen-bond acceptors (Lipinski definition) is 3. The number of nitrogens with one attached hydrogen (secondary N) is 1. The highest BCUT2D eigenvalue weighted by molar-refractivity contribution is 5.81. The molecular formula is C15H23N3O. The Morgan fingerprint density at radius 2 is 1.79 bits per heavy atom. The molecule has 1 fully saturated rings. The maximum Gasteiger partial charge on any atom is 0.142 e. The zero-order valence-corrected chi connectivity index (χ0v) is 12.0. The lowest BCUT2D eigenvalue weighted by Gasteiger charge is -2.38. The van der Waals surface area contributed by atoms with Gasteiger partial charge in [0.2, 0.25) is 0 Å². The molecule has 4 nitrogen and oxygen atoms in total. The molecule has 0 amide bonds. The van der Waals surface area contributed by atoms with Gasteiger partial charge in [-0.05, 0) is 12.1 Å². The predicted octanol–water partition coefficient (Wildman–Crippen LogP) is 2.45. The molecule has 1 heterocycles. The van der Waals surface area contributed by atoms with Crippen molar-refractivity contribution < 1.29 is 4.74 Å². The number of nitrogens with zero attached hydrogens (tertiary/aromatic N) is 2. The van der Waals surface area contributed by atoms with Crippen LogP contribution in [0.4, 0.5) is 5.69 Å². The summed E-state index contributed by atoms with van der Waals surface area (Å²) in [6.45, 7) is 7.86. The summed E-state index contributed by atoms with van der Waals surface area (Å²) < 4.78 is 5.41. The molecular weight excluding hydrogens is 238 g/mol. The van der Waals surface area contributed by atoms with Crippen molar-refractivity contribution in [1.82, 2.24) is 4.90 Å². The van der Waals surface area contributed by atoms with E-state index in [1.807, 2.05) is 18.2 Å². The monoisotopic (exact) mass is 261 g/mol. The van der Waals surface area contributed by atoms with E-state index < -0.39 is 0 Å². The molecule has 0 bridgehead atoms. The summed E-state index contributed by atoms with van der Waals surface area (Å²) >= 11 is 0. The molecule has 0 saturated carbocycles. The standard InChI is InChI=1S/C15H23N3O/c1-12(2)15(16)18-10-8-17(9-11-18)13-6-4-5-7-14(13)19-3/h4-7,12,16H,8-11H2,1-3H3. The van der Waals surface area contributed by atoms with Crippen LogP contribution in [-0.4, -0.2) is 44.0 Å². The van der Waals surface area contributed by atoms with E-state index in [-0.39, 0.29) is 0 Å². The van der Waals surface area contributed by atoms with Gasteiger partial charge in [0.15, 0.2) is 0 Å². The lowest BCUT2D eigenvalue weighted by molar-refractivity contribution is 0.363. The Hall–Kier alpha value is -1.71. The Morgan fingerprint density at radius 3 is 2.37 bits per heavy atom. The first-order valence-corrected chi connectivity index (χ1v) is 6.85. The first-order chi connectivity index (χ1) is 9.13. The van der Waals surface area contributed by atoms with Crippen molar-refractivity contribution >= 4 is 11.5 Å². The number of methoxy groups -OCH3 is 1. The summed E-state index contributed by atoms with van der Waals surface area (Å²) in [7, 11) is 1.71. The molecule has 1 aromatic rings. The minimum absolute atomic E-state index is 0.304. The number of rotatable bonds is 3. The molecule has 0 unspecified atom stereocenters. The summed E-state index contributed by atoms with van der Waals surface area (Å²) in [5.41, 5.74) is 1.15. The van der Waals surface area contributed by atoms with Crippen LogP contribution in [0.3, 0.4) is 0 Å². The van der Waals surface area contributed by atoms with Crippen LogP contribution in [0.25, 0.3) is 0 Å². The molecule has 0 aliphatic carbocycles. The Bertz CT molecular complexity index is 437. The summed E-state index contributed by atoms with van der Waals surface area (Å²) in [4.78, 5) is 4.51. The average Bonchev–Trinajstić information content (AvgIpc) is 2.46. The van der Waals surface area contributed by atoms with Gasteiger partial charge < -0.3 is 14.5 Å². The Morgan fingerprint density at radius 1 is 1.16 bits per heavy atom. The topological polar surface area (TPSA) is 39.6 Å². The van der Waals surface area contributed by atoms with Crippen molar-refractivity contribution in [3.05, 3.63) is 24.3 Å². The van der Waals surface area contributed by atoms with Gasteiger partial charge in [-0.1, -0.05) is 26.0 Å². The van der Waals surface area contributed by atoms with E-state index in [0.717, 1.165) is 43.5 Å². The SMILES string of the molecule is COc1ccccc1N1CCN(C(=N)C(C)C)CC1. The van der Waals surface area contributed by atoms with Gasteiger partial charge in [0, 0.05) is 32.1 Å². The lowest BCUT2D eigenvalue weighted by atomic mass is 10.1. The normalized spacial score (nSPS) is 15.8. The van der Waals surface area contributed by atoms with Crippen LogP contribution >= 0.6 is 0 Å². The zero-order chi connectivity index (χ0) is 13.8. The smallest absolute Gasteiger partial charge is 0.142 e. The Labute approximate surface area is 115 Å². The molecule has 4 heteroatoms. The number of benzene rings is 1. The van der Waals surface area contributed by atoms with E-state index in [0.29, 0.717) is 5.92 Å². The quantitative estimate of drug-likeness (QED) is 0.671. The second-order valence-electron chi connectivity index (χ2n) is 5.19. The van der Waals surface area contributed by atoms with E-state index in [1.54, 1.807) is 7.11 Å². The highest BCUT2D eigenvalue weighted by Gasteiger charge is 2.21. The molecule has 0 spiro atoms. The number of piperazine rings is 1. The molecule has 1 N–H and O–H groups in total. The molecule has 104 valence electrons. The lowest BCUT2D eigenvalue weighted by Crippen LogP contribution is -2.49. The third-order valence-corrected chi connectivity index (χ3v) is 3.59. The number of amidine groups is 1. The predicted molar refractivity (Wildman–Crippen MR) is 79.3 cm³/mol. The van der Waals surface area contributed by atoms with Crippen LogP contribution in [0, 0.1) is 11.3 Å². The molecule has 1 aromatic carbocycles. The van der Waals surface area contributed by atoms with Crippen molar-refractivity contribution in [2.24, 2.45) is 5.92 Å². The second-order valence-corrected chi connectivity index (χ2v) is 5.19. The average molecular weight is 261 g/mol. The summed E-state index contributed by atoms with van der Waals surface area (Å²) in [6, 6.07) is 8.13. The number of anilines is 1. The fraction of sp³-hybridized carbons (Fsp3) is 0.533. The van der Waals surface area contributed by atoms with E-state index >= 15 is 0 Å².